The van der Waals surface area contributed by atoms with Crippen molar-refractivity contribution in [1.29, 1.82) is 0 Å². The van der Waals surface area contributed by atoms with Crippen LogP contribution in [-0.2, 0) is 6.42 Å². The van der Waals surface area contributed by atoms with Crippen LogP contribution >= 0.6 is 11.3 Å². The van der Waals surface area contributed by atoms with Crippen molar-refractivity contribution in [2.45, 2.75) is 18.8 Å². The van der Waals surface area contributed by atoms with Crippen LogP contribution in [0.25, 0.3) is 115 Å². The predicted octanol–water partition coefficient (Wildman–Crippen LogP) is 15.7. The average Bonchev–Trinajstić information content (AvgIpc) is 3.91. The Hall–Kier alpha value is -7.52. The molecular formula is C62H40OS. The zero-order valence-corrected chi connectivity index (χ0v) is 35.8. The van der Waals surface area contributed by atoms with Crippen LogP contribution in [0.5, 0.6) is 0 Å². The first kappa shape index (κ1) is 36.0. The van der Waals surface area contributed by atoms with Gasteiger partial charge in [-0.25, -0.2) is 0 Å². The molecule has 0 fully saturated rings. The molecule has 64 heavy (non-hydrogen) atoms. The van der Waals surface area contributed by atoms with Crippen LogP contribution in [0.1, 0.15) is 29.2 Å². The van der Waals surface area contributed by atoms with Gasteiger partial charge in [-0.05, 0) is 113 Å². The van der Waals surface area contributed by atoms with Crippen LogP contribution in [0.3, 0.4) is 0 Å². The summed E-state index contributed by atoms with van der Waals surface area (Å²) in [7, 11) is 0. The highest BCUT2D eigenvalue weighted by molar-refractivity contribution is 7.26. The Morgan fingerprint density at radius 3 is 1.81 bits per heavy atom. The molecule has 0 aliphatic heterocycles. The fraction of sp³-hybridized carbons (Fsp3) is 0.0645. The van der Waals surface area contributed by atoms with Crippen molar-refractivity contribution in [1.82, 2.24) is 0 Å². The minimum atomic E-state index is 0.214. The van der Waals surface area contributed by atoms with Gasteiger partial charge in [0.15, 0.2) is 0 Å². The molecule has 11 aromatic rings. The number of allylic oxidation sites excluding steroid dienone is 5. The van der Waals surface area contributed by atoms with Crippen molar-refractivity contribution in [2.75, 3.05) is 0 Å². The number of hydrogen-bond donors (Lipinski definition) is 0. The van der Waals surface area contributed by atoms with E-state index < -0.39 is 0 Å². The monoisotopic (exact) mass is 832 g/mol. The maximum atomic E-state index is 6.58. The van der Waals surface area contributed by atoms with E-state index in [0.29, 0.717) is 5.92 Å². The molecule has 0 N–H and O–H groups in total. The molecule has 0 radical (unpaired) electrons. The maximum absolute atomic E-state index is 6.58. The third-order valence-corrected chi connectivity index (χ3v) is 15.5. The van der Waals surface area contributed by atoms with E-state index in [0.717, 1.165) is 24.0 Å². The third kappa shape index (κ3) is 5.30. The Morgan fingerprint density at radius 2 is 1.11 bits per heavy atom. The second-order valence-electron chi connectivity index (χ2n) is 17.7. The van der Waals surface area contributed by atoms with Gasteiger partial charge >= 0.3 is 0 Å². The summed E-state index contributed by atoms with van der Waals surface area (Å²) >= 11 is 1.92. The van der Waals surface area contributed by atoms with Crippen LogP contribution in [0.2, 0.25) is 0 Å². The van der Waals surface area contributed by atoms with Gasteiger partial charge in [0, 0.05) is 54.8 Å². The quantitative estimate of drug-likeness (QED) is 0.161. The molecule has 0 saturated carbocycles. The molecule has 300 valence electrons. The molecule has 2 aromatic heterocycles. The van der Waals surface area contributed by atoms with E-state index in [1.807, 2.05) is 11.3 Å². The molecule has 0 amide bonds. The summed E-state index contributed by atoms with van der Waals surface area (Å²) < 4.78 is 9.21. The zero-order chi connectivity index (χ0) is 41.9. The Bertz CT molecular complexity index is 3910. The van der Waals surface area contributed by atoms with E-state index in [1.54, 1.807) is 0 Å². The molecule has 9 aromatic carbocycles. The third-order valence-electron chi connectivity index (χ3n) is 14.3. The van der Waals surface area contributed by atoms with E-state index in [1.165, 1.54) is 119 Å². The number of rotatable bonds is 4. The summed E-state index contributed by atoms with van der Waals surface area (Å²) in [5.74, 6) is 1.72. The Labute approximate surface area is 374 Å². The summed E-state index contributed by atoms with van der Waals surface area (Å²) in [6, 6.07) is 61.2. The number of thiophene rings is 1. The smallest absolute Gasteiger partial charge is 0.130 e. The first-order chi connectivity index (χ1) is 31.7. The lowest BCUT2D eigenvalue weighted by molar-refractivity contribution is 0.461. The fourth-order valence-electron chi connectivity index (χ4n) is 11.5. The van der Waals surface area contributed by atoms with Crippen LogP contribution in [-0.4, -0.2) is 0 Å². The van der Waals surface area contributed by atoms with E-state index in [4.69, 9.17) is 4.42 Å². The number of hydrogen-bond acceptors (Lipinski definition) is 2. The molecule has 1 nitrogen and oxygen atoms in total. The Kier molecular flexibility index (Phi) is 7.87. The SMILES string of the molecule is C1=CC2=Cc3c(oc4c3=CC(c3c5ccccc5c(-c5ccc6sc7c(-c8c9ccccc9c(-c9ccccc9)c9ccccc89)cccc7c6c5)c5ccccc35)CC=4)CC2C=C1. The summed E-state index contributed by atoms with van der Waals surface area (Å²) in [6.45, 7) is 0. The van der Waals surface area contributed by atoms with Gasteiger partial charge in [-0.1, -0.05) is 182 Å². The molecule has 2 unspecified atom stereocenters. The van der Waals surface area contributed by atoms with Crippen LogP contribution in [0.15, 0.2) is 198 Å². The van der Waals surface area contributed by atoms with E-state index in [9.17, 15) is 0 Å². The van der Waals surface area contributed by atoms with Crippen molar-refractivity contribution < 1.29 is 4.42 Å². The summed E-state index contributed by atoms with van der Waals surface area (Å²) in [5.41, 5.74) is 12.8. The lowest BCUT2D eigenvalue weighted by atomic mass is 9.80. The van der Waals surface area contributed by atoms with Gasteiger partial charge in [-0.2, -0.15) is 0 Å². The Balaban J connectivity index is 0.957. The van der Waals surface area contributed by atoms with Crippen LogP contribution < -0.4 is 10.6 Å². The van der Waals surface area contributed by atoms with Crippen LogP contribution in [0, 0.1) is 5.92 Å². The van der Waals surface area contributed by atoms with E-state index in [2.05, 4.69) is 206 Å². The zero-order valence-electron chi connectivity index (χ0n) is 35.0. The molecule has 2 atom stereocenters. The minimum absolute atomic E-state index is 0.214. The summed E-state index contributed by atoms with van der Waals surface area (Å²) in [5, 5.41) is 14.2. The topological polar surface area (TPSA) is 13.1 Å². The molecule has 2 heterocycles. The van der Waals surface area contributed by atoms with Gasteiger partial charge in [0.2, 0.25) is 0 Å². The number of benzene rings is 9. The lowest BCUT2D eigenvalue weighted by Crippen LogP contribution is -2.27. The standard InChI is InChI=1S/C62H40OS/c1-2-15-37(16-3-1)58-46-23-10-12-25-48(46)61(49-26-13-11-24-47(49)58)51-28-14-27-50-54-35-41(30-32-57(54)64-62(50)51)60-44-21-8-6-19-42(44)59(43-20-7-9-22-45(43)60)40-29-31-55-52(34-40)53-33-38-17-4-5-18-39(38)36-56(53)63-55/h1-28,30-35,39-40H,29,36H2. The van der Waals surface area contributed by atoms with Gasteiger partial charge < -0.3 is 4.42 Å². The van der Waals surface area contributed by atoms with Crippen molar-refractivity contribution in [3.8, 4) is 33.4 Å². The maximum Gasteiger partial charge on any atom is 0.130 e. The second kappa shape index (κ2) is 14.0. The second-order valence-corrected chi connectivity index (χ2v) is 18.8. The summed E-state index contributed by atoms with van der Waals surface area (Å²) in [4.78, 5) is 0. The molecule has 0 saturated heterocycles. The van der Waals surface area contributed by atoms with Gasteiger partial charge in [-0.3, -0.25) is 0 Å². The van der Waals surface area contributed by atoms with Gasteiger partial charge in [0.1, 0.15) is 11.2 Å². The Morgan fingerprint density at radius 1 is 0.500 bits per heavy atom. The lowest BCUT2D eigenvalue weighted by Gasteiger charge is -2.22. The highest BCUT2D eigenvalue weighted by Gasteiger charge is 2.27. The van der Waals surface area contributed by atoms with Crippen LogP contribution in [0.4, 0.5) is 0 Å². The van der Waals surface area contributed by atoms with Crippen molar-refractivity contribution in [2.24, 2.45) is 5.92 Å². The normalized spacial score (nSPS) is 16.5. The van der Waals surface area contributed by atoms with E-state index >= 15 is 0 Å². The molecule has 14 rings (SSSR count). The number of furan rings is 1. The predicted molar refractivity (Wildman–Crippen MR) is 273 cm³/mol. The van der Waals surface area contributed by atoms with Crippen molar-refractivity contribution in [3.63, 3.8) is 0 Å². The molecule has 2 heteroatoms. The largest absolute Gasteiger partial charge is 0.461 e. The fourth-order valence-corrected chi connectivity index (χ4v) is 12.7. The first-order valence-electron chi connectivity index (χ1n) is 22.5. The first-order valence-corrected chi connectivity index (χ1v) is 23.4. The van der Waals surface area contributed by atoms with Gasteiger partial charge in [0.05, 0.1) is 0 Å². The highest BCUT2D eigenvalue weighted by Crippen LogP contribution is 2.50. The molecular weight excluding hydrogens is 793 g/mol. The molecule has 3 aliphatic rings. The van der Waals surface area contributed by atoms with Crippen molar-refractivity contribution in [3.05, 3.63) is 221 Å². The highest BCUT2D eigenvalue weighted by atomic mass is 32.1. The summed E-state index contributed by atoms with van der Waals surface area (Å²) in [6.07, 6.45) is 17.9. The minimum Gasteiger partial charge on any atom is -0.461 e. The van der Waals surface area contributed by atoms with E-state index in [-0.39, 0.29) is 5.92 Å². The van der Waals surface area contributed by atoms with Gasteiger partial charge in [-0.15, -0.1) is 11.3 Å². The molecule has 3 aliphatic carbocycles. The van der Waals surface area contributed by atoms with Gasteiger partial charge in [0.25, 0.3) is 0 Å². The number of fused-ring (bicyclic) bond motifs is 11. The molecule has 0 bridgehead atoms. The molecule has 0 spiro atoms. The average molecular weight is 833 g/mol. The van der Waals surface area contributed by atoms with Crippen molar-refractivity contribution >= 4 is 92.8 Å².